The molecule has 2 nitrogen and oxygen atoms in total. The van der Waals surface area contributed by atoms with E-state index in [0.29, 0.717) is 6.61 Å². The lowest BCUT2D eigenvalue weighted by atomic mass is 10.1. The highest BCUT2D eigenvalue weighted by molar-refractivity contribution is 9.11. The number of rotatable bonds is 7. The topological polar surface area (TPSA) is 21.3 Å². The Morgan fingerprint density at radius 3 is 2.85 bits per heavy atom. The van der Waals surface area contributed by atoms with Gasteiger partial charge < -0.3 is 10.1 Å². The summed E-state index contributed by atoms with van der Waals surface area (Å²) in [5, 5.41) is 3.52. The first-order valence-corrected chi connectivity index (χ1v) is 8.78. The van der Waals surface area contributed by atoms with E-state index in [1.165, 1.54) is 31.2 Å². The lowest BCUT2D eigenvalue weighted by Crippen LogP contribution is -2.16. The van der Waals surface area contributed by atoms with Gasteiger partial charge in [-0.3, -0.25) is 0 Å². The van der Waals surface area contributed by atoms with Crippen molar-refractivity contribution in [3.8, 4) is 5.75 Å². The van der Waals surface area contributed by atoms with Crippen molar-refractivity contribution >= 4 is 31.9 Å². The zero-order valence-electron chi connectivity index (χ0n) is 11.8. The van der Waals surface area contributed by atoms with Crippen LogP contribution in [0.25, 0.3) is 0 Å². The van der Waals surface area contributed by atoms with Crippen LogP contribution in [0.4, 0.5) is 0 Å². The van der Waals surface area contributed by atoms with Crippen molar-refractivity contribution in [2.75, 3.05) is 13.2 Å². The second-order valence-corrected chi connectivity index (χ2v) is 6.76. The third-order valence-electron chi connectivity index (χ3n) is 3.45. The molecule has 0 spiro atoms. The van der Waals surface area contributed by atoms with E-state index in [9.17, 15) is 0 Å². The van der Waals surface area contributed by atoms with E-state index in [1.807, 2.05) is 13.0 Å². The van der Waals surface area contributed by atoms with Gasteiger partial charge in [0.1, 0.15) is 5.75 Å². The highest BCUT2D eigenvalue weighted by atomic mass is 79.9. The molecule has 0 saturated carbocycles. The lowest BCUT2D eigenvalue weighted by Gasteiger charge is -2.14. The molecule has 0 atom stereocenters. The highest BCUT2D eigenvalue weighted by Crippen LogP contribution is 2.33. The zero-order valence-corrected chi connectivity index (χ0v) is 15.0. The summed E-state index contributed by atoms with van der Waals surface area (Å²) in [6, 6.07) is 4.15. The van der Waals surface area contributed by atoms with Crippen molar-refractivity contribution in [3.05, 3.63) is 38.3 Å². The summed E-state index contributed by atoms with van der Waals surface area (Å²) < 4.78 is 7.81. The van der Waals surface area contributed by atoms with E-state index in [0.717, 1.165) is 27.8 Å². The van der Waals surface area contributed by atoms with Crippen LogP contribution in [0.1, 0.15) is 38.2 Å². The average Bonchev–Trinajstić information content (AvgIpc) is 2.91. The molecule has 1 aromatic rings. The Morgan fingerprint density at radius 1 is 1.30 bits per heavy atom. The molecule has 0 saturated heterocycles. The van der Waals surface area contributed by atoms with Crippen LogP contribution in [0, 0.1) is 0 Å². The number of allylic oxidation sites excluding steroid dienone is 1. The molecule has 20 heavy (non-hydrogen) atoms. The average molecular weight is 403 g/mol. The number of hydrogen-bond donors (Lipinski definition) is 1. The van der Waals surface area contributed by atoms with Gasteiger partial charge >= 0.3 is 0 Å². The van der Waals surface area contributed by atoms with Crippen LogP contribution in [-0.4, -0.2) is 13.2 Å². The molecule has 0 fully saturated rings. The molecule has 0 aliphatic heterocycles. The summed E-state index contributed by atoms with van der Waals surface area (Å²) in [6.07, 6.45) is 7.45. The van der Waals surface area contributed by atoms with Gasteiger partial charge in [0.25, 0.3) is 0 Å². The first-order valence-electron chi connectivity index (χ1n) is 7.20. The van der Waals surface area contributed by atoms with Crippen molar-refractivity contribution in [1.29, 1.82) is 0 Å². The van der Waals surface area contributed by atoms with Crippen LogP contribution in [0.15, 0.2) is 32.7 Å². The molecule has 1 aromatic carbocycles. The van der Waals surface area contributed by atoms with Crippen molar-refractivity contribution in [2.45, 2.75) is 39.2 Å². The number of halogens is 2. The number of benzene rings is 1. The molecule has 1 N–H and O–H groups in total. The SMILES string of the molecule is CCOc1c(Br)cc(Br)cc1CNCCC1=CCCC1. The van der Waals surface area contributed by atoms with Gasteiger partial charge in [-0.05, 0) is 67.2 Å². The number of nitrogens with one attached hydrogen (secondary N) is 1. The molecule has 0 amide bonds. The van der Waals surface area contributed by atoms with Crippen LogP contribution < -0.4 is 10.1 Å². The summed E-state index contributed by atoms with van der Waals surface area (Å²) in [7, 11) is 0. The first-order chi connectivity index (χ1) is 9.70. The van der Waals surface area contributed by atoms with Gasteiger partial charge in [0.15, 0.2) is 0 Å². The minimum atomic E-state index is 0.681. The van der Waals surface area contributed by atoms with Crippen LogP contribution >= 0.6 is 31.9 Å². The normalized spacial score (nSPS) is 14.4. The fourth-order valence-electron chi connectivity index (χ4n) is 2.49. The summed E-state index contributed by atoms with van der Waals surface area (Å²) in [5.74, 6) is 0.947. The van der Waals surface area contributed by atoms with Crippen molar-refractivity contribution < 1.29 is 4.74 Å². The Kier molecular flexibility index (Phi) is 6.59. The smallest absolute Gasteiger partial charge is 0.138 e. The summed E-state index contributed by atoms with van der Waals surface area (Å²) in [5.41, 5.74) is 2.80. The highest BCUT2D eigenvalue weighted by Gasteiger charge is 2.10. The Labute approximate surface area is 138 Å². The Morgan fingerprint density at radius 2 is 2.15 bits per heavy atom. The van der Waals surface area contributed by atoms with Gasteiger partial charge in [0.05, 0.1) is 11.1 Å². The van der Waals surface area contributed by atoms with E-state index < -0.39 is 0 Å². The van der Waals surface area contributed by atoms with Crippen LogP contribution in [0.3, 0.4) is 0 Å². The molecule has 2 rings (SSSR count). The van der Waals surface area contributed by atoms with Gasteiger partial charge in [-0.25, -0.2) is 0 Å². The van der Waals surface area contributed by atoms with E-state index in [4.69, 9.17) is 4.74 Å². The molecule has 110 valence electrons. The number of ether oxygens (including phenoxy) is 1. The number of hydrogen-bond acceptors (Lipinski definition) is 2. The molecule has 1 aliphatic rings. The van der Waals surface area contributed by atoms with Crippen LogP contribution in [0.2, 0.25) is 0 Å². The monoisotopic (exact) mass is 401 g/mol. The molecular formula is C16H21Br2NO. The fourth-order valence-corrected chi connectivity index (χ4v) is 3.92. The lowest BCUT2D eigenvalue weighted by molar-refractivity contribution is 0.333. The van der Waals surface area contributed by atoms with Gasteiger partial charge in [0.2, 0.25) is 0 Å². The van der Waals surface area contributed by atoms with E-state index in [1.54, 1.807) is 5.57 Å². The maximum Gasteiger partial charge on any atom is 0.138 e. The summed E-state index contributed by atoms with van der Waals surface area (Å²) in [6.45, 7) is 4.56. The quantitative estimate of drug-likeness (QED) is 0.499. The minimum Gasteiger partial charge on any atom is -0.492 e. The standard InChI is InChI=1S/C16H21Br2NO/c1-2-20-16-13(9-14(17)10-15(16)18)11-19-8-7-12-5-3-4-6-12/h5,9-10,19H,2-4,6-8,11H2,1H3. The fraction of sp³-hybridized carbons (Fsp3) is 0.500. The van der Waals surface area contributed by atoms with E-state index in [2.05, 4.69) is 49.3 Å². The van der Waals surface area contributed by atoms with Crippen molar-refractivity contribution in [3.63, 3.8) is 0 Å². The molecule has 0 heterocycles. The maximum atomic E-state index is 5.73. The molecule has 0 radical (unpaired) electrons. The van der Waals surface area contributed by atoms with Crippen molar-refractivity contribution in [1.82, 2.24) is 5.32 Å². The third-order valence-corrected chi connectivity index (χ3v) is 4.49. The Hall–Kier alpha value is -0.320. The molecular weight excluding hydrogens is 382 g/mol. The van der Waals surface area contributed by atoms with E-state index >= 15 is 0 Å². The van der Waals surface area contributed by atoms with Gasteiger partial charge in [0, 0.05) is 16.6 Å². The molecule has 0 aromatic heterocycles. The second-order valence-electron chi connectivity index (χ2n) is 4.99. The Bertz CT molecular complexity index is 486. The molecule has 0 bridgehead atoms. The second kappa shape index (κ2) is 8.20. The minimum absolute atomic E-state index is 0.681. The maximum absolute atomic E-state index is 5.73. The van der Waals surface area contributed by atoms with Crippen LogP contribution in [-0.2, 0) is 6.54 Å². The van der Waals surface area contributed by atoms with E-state index in [-0.39, 0.29) is 0 Å². The summed E-state index contributed by atoms with van der Waals surface area (Å²) >= 11 is 7.11. The third kappa shape index (κ3) is 4.61. The molecule has 0 unspecified atom stereocenters. The zero-order chi connectivity index (χ0) is 14.4. The first kappa shape index (κ1) is 16.1. The predicted octanol–water partition coefficient (Wildman–Crippen LogP) is 5.20. The van der Waals surface area contributed by atoms with Crippen LogP contribution in [0.5, 0.6) is 5.75 Å². The summed E-state index contributed by atoms with van der Waals surface area (Å²) in [4.78, 5) is 0. The molecule has 1 aliphatic carbocycles. The van der Waals surface area contributed by atoms with Crippen molar-refractivity contribution in [2.24, 2.45) is 0 Å². The largest absolute Gasteiger partial charge is 0.492 e. The van der Waals surface area contributed by atoms with Gasteiger partial charge in [-0.2, -0.15) is 0 Å². The van der Waals surface area contributed by atoms with Gasteiger partial charge in [-0.1, -0.05) is 27.6 Å². The predicted molar refractivity (Wildman–Crippen MR) is 91.3 cm³/mol. The molecule has 4 heteroatoms. The Balaban J connectivity index is 1.90. The van der Waals surface area contributed by atoms with Gasteiger partial charge in [-0.15, -0.1) is 0 Å².